The summed E-state index contributed by atoms with van der Waals surface area (Å²) in [5.41, 5.74) is 0. The molecule has 1 unspecified atom stereocenters. The minimum atomic E-state index is -2.38. The maximum absolute atomic E-state index is 9.84. The Balaban J connectivity index is 3.64. The van der Waals surface area contributed by atoms with Gasteiger partial charge in [0.25, 0.3) is 0 Å². The van der Waals surface area contributed by atoms with Gasteiger partial charge in [-0.25, -0.2) is 0 Å². The molecule has 0 spiro atoms. The Morgan fingerprint density at radius 1 is 1.78 bits per heavy atom. The van der Waals surface area contributed by atoms with Crippen LogP contribution in [0.2, 0.25) is 0 Å². The monoisotopic (exact) mass is 152 g/mol. The second kappa shape index (κ2) is 3.41. The zero-order valence-corrected chi connectivity index (χ0v) is 5.94. The second-order valence-electron chi connectivity index (χ2n) is 1.50. The average Bonchev–Trinajstić information content (AvgIpc) is 1.63. The van der Waals surface area contributed by atoms with E-state index in [1.165, 1.54) is 19.0 Å². The molecule has 2 N–H and O–H groups in total. The van der Waals surface area contributed by atoms with Gasteiger partial charge in [-0.2, -0.15) is 4.21 Å². The summed E-state index contributed by atoms with van der Waals surface area (Å²) in [6, 6.07) is -0.337. The molecule has 0 bridgehead atoms. The molecule has 6 heteroatoms. The van der Waals surface area contributed by atoms with E-state index < -0.39 is 11.4 Å². The van der Waals surface area contributed by atoms with E-state index in [0.29, 0.717) is 0 Å². The van der Waals surface area contributed by atoms with E-state index in [9.17, 15) is 4.21 Å². The number of nitrogens with zero attached hydrogens (tertiary/aromatic N) is 1. The van der Waals surface area contributed by atoms with Gasteiger partial charge in [0.2, 0.25) is 0 Å². The lowest BCUT2D eigenvalue weighted by Crippen LogP contribution is -2.24. The molecule has 0 rings (SSSR count). The molecule has 0 saturated heterocycles. The number of amidine groups is 1. The van der Waals surface area contributed by atoms with Crippen LogP contribution < -0.4 is 0 Å². The van der Waals surface area contributed by atoms with Crippen LogP contribution in [0.4, 0.5) is 0 Å². The third-order valence-electron chi connectivity index (χ3n) is 0.556. The summed E-state index contributed by atoms with van der Waals surface area (Å²) in [4.78, 5) is 1.27. The maximum atomic E-state index is 9.84. The van der Waals surface area contributed by atoms with Gasteiger partial charge >= 0.3 is 17.4 Å². The molecule has 0 aromatic carbocycles. The molecule has 0 aromatic rings. The number of nitrogens with one attached hydrogen (secondary N) is 1. The highest BCUT2D eigenvalue weighted by atomic mass is 32.2. The van der Waals surface area contributed by atoms with Crippen LogP contribution in [0.15, 0.2) is 0 Å². The van der Waals surface area contributed by atoms with Gasteiger partial charge in [0.15, 0.2) is 0 Å². The molecule has 0 fully saturated rings. The van der Waals surface area contributed by atoms with Crippen LogP contribution in [0.3, 0.4) is 0 Å². The van der Waals surface area contributed by atoms with Gasteiger partial charge in [-0.3, -0.25) is 9.96 Å². The highest BCUT2D eigenvalue weighted by molar-refractivity contribution is 7.74. The van der Waals surface area contributed by atoms with Gasteiger partial charge < -0.3 is 9.08 Å². The lowest BCUT2D eigenvalue weighted by molar-refractivity contribution is 0.397. The Bertz CT molecular complexity index is 135. The first kappa shape index (κ1) is 8.38. The SMILES string of the molecule is CN(C)C(=N)OS(=O)O. The number of hydrogen-bond acceptors (Lipinski definition) is 3. The lowest BCUT2D eigenvalue weighted by atomic mass is 10.9. The Morgan fingerprint density at radius 3 is 2.33 bits per heavy atom. The van der Waals surface area contributed by atoms with Crippen LogP contribution in [0.25, 0.3) is 0 Å². The fourth-order valence-electron chi connectivity index (χ4n) is 0.142. The zero-order valence-electron chi connectivity index (χ0n) is 5.12. The van der Waals surface area contributed by atoms with Gasteiger partial charge in [0.1, 0.15) is 0 Å². The molecule has 0 amide bonds. The summed E-state index contributed by atoms with van der Waals surface area (Å²) in [6.07, 6.45) is 0. The summed E-state index contributed by atoms with van der Waals surface area (Å²) in [5, 5.41) is 6.82. The summed E-state index contributed by atoms with van der Waals surface area (Å²) in [5.74, 6) is 0. The van der Waals surface area contributed by atoms with Crippen molar-refractivity contribution in [1.29, 1.82) is 5.41 Å². The number of hydrogen-bond donors (Lipinski definition) is 2. The molecular weight excluding hydrogens is 144 g/mol. The second-order valence-corrected chi connectivity index (χ2v) is 2.10. The quantitative estimate of drug-likeness (QED) is 0.305. The van der Waals surface area contributed by atoms with Gasteiger partial charge in [-0.1, -0.05) is 0 Å². The summed E-state index contributed by atoms with van der Waals surface area (Å²) < 4.78 is 21.9. The van der Waals surface area contributed by atoms with E-state index >= 15 is 0 Å². The van der Waals surface area contributed by atoms with Crippen molar-refractivity contribution < 1.29 is 12.9 Å². The molecule has 0 heterocycles. The first-order chi connectivity index (χ1) is 4.04. The van der Waals surface area contributed by atoms with Crippen molar-refractivity contribution in [1.82, 2.24) is 4.90 Å². The molecule has 54 valence electrons. The van der Waals surface area contributed by atoms with Crippen LogP contribution in [-0.4, -0.2) is 33.8 Å². The van der Waals surface area contributed by atoms with Gasteiger partial charge in [0, 0.05) is 14.1 Å². The third-order valence-corrected chi connectivity index (χ3v) is 0.857. The van der Waals surface area contributed by atoms with E-state index in [4.69, 9.17) is 9.96 Å². The molecule has 0 aliphatic rings. The molecule has 1 atom stereocenters. The summed E-state index contributed by atoms with van der Waals surface area (Å²) >= 11 is -2.38. The highest BCUT2D eigenvalue weighted by Crippen LogP contribution is 1.84. The molecular formula is C3H8N2O3S. The topological polar surface area (TPSA) is 73.6 Å². The van der Waals surface area contributed by atoms with E-state index in [1.54, 1.807) is 0 Å². The first-order valence-corrected chi connectivity index (χ1v) is 3.12. The van der Waals surface area contributed by atoms with Crippen molar-refractivity contribution in [2.75, 3.05) is 14.1 Å². The lowest BCUT2D eigenvalue weighted by Gasteiger charge is -2.09. The van der Waals surface area contributed by atoms with Crippen molar-refractivity contribution >= 4 is 17.4 Å². The van der Waals surface area contributed by atoms with Crippen LogP contribution >= 0.6 is 0 Å². The fraction of sp³-hybridized carbons (Fsp3) is 0.667. The van der Waals surface area contributed by atoms with E-state index in [0.717, 1.165) is 0 Å². The predicted octanol–water partition coefficient (Wildman–Crippen LogP) is -0.364. The molecule has 0 saturated carbocycles. The van der Waals surface area contributed by atoms with Crippen LogP contribution in [0.1, 0.15) is 0 Å². The van der Waals surface area contributed by atoms with E-state index in [1.807, 2.05) is 0 Å². The van der Waals surface area contributed by atoms with Gasteiger partial charge in [0.05, 0.1) is 0 Å². The van der Waals surface area contributed by atoms with Crippen LogP contribution in [0, 0.1) is 5.41 Å². The first-order valence-electron chi connectivity index (χ1n) is 2.09. The van der Waals surface area contributed by atoms with Crippen LogP contribution in [0.5, 0.6) is 0 Å². The molecule has 0 aliphatic heterocycles. The molecule has 5 nitrogen and oxygen atoms in total. The van der Waals surface area contributed by atoms with Gasteiger partial charge in [-0.05, 0) is 0 Å². The largest absolute Gasteiger partial charge is 0.360 e. The maximum Gasteiger partial charge on any atom is 0.360 e. The Labute approximate surface area is 55.6 Å². The molecule has 9 heavy (non-hydrogen) atoms. The molecule has 0 radical (unpaired) electrons. The van der Waals surface area contributed by atoms with Crippen molar-refractivity contribution in [2.24, 2.45) is 0 Å². The van der Waals surface area contributed by atoms with Crippen molar-refractivity contribution in [3.63, 3.8) is 0 Å². The normalized spacial score (nSPS) is 12.3. The summed E-state index contributed by atoms with van der Waals surface area (Å²) in [6.45, 7) is 0. The van der Waals surface area contributed by atoms with Crippen molar-refractivity contribution in [3.05, 3.63) is 0 Å². The van der Waals surface area contributed by atoms with Crippen LogP contribution in [-0.2, 0) is 15.5 Å². The summed E-state index contributed by atoms with van der Waals surface area (Å²) in [7, 11) is 3.07. The average molecular weight is 152 g/mol. The van der Waals surface area contributed by atoms with Crippen molar-refractivity contribution in [3.8, 4) is 0 Å². The van der Waals surface area contributed by atoms with E-state index in [2.05, 4.69) is 4.18 Å². The zero-order chi connectivity index (χ0) is 7.44. The minimum absolute atomic E-state index is 0.337. The van der Waals surface area contributed by atoms with E-state index in [-0.39, 0.29) is 6.02 Å². The fourth-order valence-corrected chi connectivity index (χ4v) is 0.426. The molecule has 0 aromatic heterocycles. The Kier molecular flexibility index (Phi) is 3.18. The highest BCUT2D eigenvalue weighted by Gasteiger charge is 2.02. The minimum Gasteiger partial charge on any atom is -0.344 e. The smallest absolute Gasteiger partial charge is 0.344 e. The Morgan fingerprint density at radius 2 is 2.22 bits per heavy atom. The third kappa shape index (κ3) is 3.92. The number of rotatable bonds is 1. The molecule has 0 aliphatic carbocycles. The van der Waals surface area contributed by atoms with Gasteiger partial charge in [-0.15, -0.1) is 0 Å². The van der Waals surface area contributed by atoms with Crippen molar-refractivity contribution in [2.45, 2.75) is 0 Å². The standard InChI is InChI=1S/C3H8N2O3S/c1-5(2)3(4)8-9(6)7/h4H,1-2H3,(H,6,7). The Hall–Kier alpha value is -0.620. The predicted molar refractivity (Wildman–Crippen MR) is 33.3 cm³/mol.